The maximum atomic E-state index is 5.14. The second kappa shape index (κ2) is 6.44. The van der Waals surface area contributed by atoms with E-state index in [-0.39, 0.29) is 0 Å². The van der Waals surface area contributed by atoms with Crippen LogP contribution in [0.4, 0.5) is 0 Å². The molecule has 0 atom stereocenters. The summed E-state index contributed by atoms with van der Waals surface area (Å²) in [5, 5.41) is 1.02. The van der Waals surface area contributed by atoms with Crippen LogP contribution in [0.3, 0.4) is 0 Å². The molecule has 0 rings (SSSR count). The van der Waals surface area contributed by atoms with E-state index in [9.17, 15) is 0 Å². The van der Waals surface area contributed by atoms with Gasteiger partial charge >= 0.3 is 51.6 Å². The van der Waals surface area contributed by atoms with Crippen LogP contribution in [0.5, 0.6) is 0 Å². The van der Waals surface area contributed by atoms with Crippen molar-refractivity contribution < 1.29 is 4.74 Å². The number of hydrogen-bond acceptors (Lipinski definition) is 2. The molecular weight excluding hydrogens is 157 g/mol. The second-order valence-corrected chi connectivity index (χ2v) is 2.06. The molecule has 3 heteroatoms. The van der Waals surface area contributed by atoms with E-state index >= 15 is 0 Å². The van der Waals surface area contributed by atoms with Gasteiger partial charge < -0.3 is 0 Å². The van der Waals surface area contributed by atoms with Crippen LogP contribution in [0, 0.1) is 0 Å². The Morgan fingerprint density at radius 1 is 1.43 bits per heavy atom. The Balaban J connectivity index is 2.45. The van der Waals surface area contributed by atoms with Crippen molar-refractivity contribution in [3.05, 3.63) is 0 Å². The van der Waals surface area contributed by atoms with Crippen molar-refractivity contribution >= 4 is 16.0 Å². The van der Waals surface area contributed by atoms with E-state index in [1.54, 1.807) is 0 Å². The molecule has 2 nitrogen and oxygen atoms in total. The minimum absolute atomic E-state index is 0.632. The fourth-order valence-electron chi connectivity index (χ4n) is 0.250. The van der Waals surface area contributed by atoms with Crippen molar-refractivity contribution in [1.82, 2.24) is 0 Å². The van der Waals surface area contributed by atoms with Gasteiger partial charge in [0.15, 0.2) is 0 Å². The average molecular weight is 168 g/mol. The summed E-state index contributed by atoms with van der Waals surface area (Å²) >= 11 is 2.46. The van der Waals surface area contributed by atoms with Crippen molar-refractivity contribution in [3.8, 4) is 0 Å². The van der Waals surface area contributed by atoms with Gasteiger partial charge in [-0.2, -0.15) is 0 Å². The number of ether oxygens (including phenoxy) is 1. The summed E-state index contributed by atoms with van der Waals surface area (Å²) < 4.78 is 4.99. The molecule has 0 saturated heterocycles. The molecule has 44 valence electrons. The molecule has 0 saturated carbocycles. The molecule has 0 unspecified atom stereocenters. The van der Waals surface area contributed by atoms with Gasteiger partial charge in [0.2, 0.25) is 0 Å². The molecule has 0 aromatic carbocycles. The number of rotatable bonds is 4. The van der Waals surface area contributed by atoms with Crippen LogP contribution < -0.4 is 5.73 Å². The van der Waals surface area contributed by atoms with Gasteiger partial charge in [0.25, 0.3) is 0 Å². The summed E-state index contributed by atoms with van der Waals surface area (Å²) in [5.41, 5.74) is 5.14. The predicted octanol–water partition coefficient (Wildman–Crippen LogP) is -0.719. The molecule has 0 aliphatic heterocycles. The summed E-state index contributed by atoms with van der Waals surface area (Å²) in [5.74, 6) is 0. The van der Waals surface area contributed by atoms with E-state index in [4.69, 9.17) is 10.5 Å². The molecule has 0 radical (unpaired) electrons. The van der Waals surface area contributed by atoms with Crippen LogP contribution in [0.15, 0.2) is 0 Å². The van der Waals surface area contributed by atoms with Gasteiger partial charge in [-0.05, 0) is 0 Å². The maximum absolute atomic E-state index is 5.14. The van der Waals surface area contributed by atoms with Crippen molar-refractivity contribution in [2.75, 3.05) is 19.8 Å². The monoisotopic (exact) mass is 169 g/mol. The molecule has 0 amide bonds. The standard InChI is InChI=1S/C4H11NOSe/c5-1-2-6-3-4-7/h7H,1-5H2. The van der Waals surface area contributed by atoms with Gasteiger partial charge in [-0.1, -0.05) is 0 Å². The fraction of sp³-hybridized carbons (Fsp3) is 1.00. The van der Waals surface area contributed by atoms with Crippen LogP contribution in [-0.2, 0) is 4.74 Å². The van der Waals surface area contributed by atoms with Gasteiger partial charge in [0, 0.05) is 0 Å². The van der Waals surface area contributed by atoms with E-state index in [1.807, 2.05) is 0 Å². The topological polar surface area (TPSA) is 35.2 Å². The molecule has 0 aliphatic carbocycles. The van der Waals surface area contributed by atoms with Gasteiger partial charge in [0.1, 0.15) is 0 Å². The zero-order chi connectivity index (χ0) is 5.54. The van der Waals surface area contributed by atoms with Crippen LogP contribution in [0.25, 0.3) is 0 Å². The zero-order valence-electron chi connectivity index (χ0n) is 4.26. The van der Waals surface area contributed by atoms with Crippen LogP contribution >= 0.6 is 0 Å². The molecule has 0 bridgehead atoms. The van der Waals surface area contributed by atoms with E-state index < -0.39 is 0 Å². The minimum atomic E-state index is 0.632. The predicted molar refractivity (Wildman–Crippen MR) is 31.8 cm³/mol. The molecule has 0 aromatic heterocycles. The fourth-order valence-corrected chi connectivity index (χ4v) is 0.521. The Morgan fingerprint density at radius 2 is 2.14 bits per heavy atom. The van der Waals surface area contributed by atoms with Crippen molar-refractivity contribution in [2.45, 2.75) is 5.32 Å². The Hall–Kier alpha value is 0.439. The average Bonchev–Trinajstić information content (AvgIpc) is 1.69. The Bertz CT molecular complexity index is 30.9. The van der Waals surface area contributed by atoms with Crippen LogP contribution in [0.1, 0.15) is 0 Å². The van der Waals surface area contributed by atoms with Crippen LogP contribution in [0.2, 0.25) is 5.32 Å². The van der Waals surface area contributed by atoms with Gasteiger partial charge in [-0.25, -0.2) is 0 Å². The third-order valence-electron chi connectivity index (χ3n) is 0.498. The number of nitrogens with two attached hydrogens (primary N) is 1. The molecule has 0 spiro atoms. The Morgan fingerprint density at radius 3 is 2.57 bits per heavy atom. The first kappa shape index (κ1) is 7.44. The molecule has 0 aromatic rings. The summed E-state index contributed by atoms with van der Waals surface area (Å²) in [6.45, 7) is 2.14. The summed E-state index contributed by atoms with van der Waals surface area (Å²) in [6, 6.07) is 0. The van der Waals surface area contributed by atoms with E-state index in [1.165, 1.54) is 0 Å². The van der Waals surface area contributed by atoms with Crippen molar-refractivity contribution in [3.63, 3.8) is 0 Å². The SMILES string of the molecule is NCCOCC[SeH]. The summed E-state index contributed by atoms with van der Waals surface area (Å²) in [4.78, 5) is 0. The molecular formula is C4H11NOSe. The quantitative estimate of drug-likeness (QED) is 0.444. The molecule has 0 fully saturated rings. The molecule has 2 N–H and O–H groups in total. The van der Waals surface area contributed by atoms with E-state index in [2.05, 4.69) is 16.0 Å². The van der Waals surface area contributed by atoms with Crippen molar-refractivity contribution in [1.29, 1.82) is 0 Å². The summed E-state index contributed by atoms with van der Waals surface area (Å²) in [6.07, 6.45) is 0. The number of hydrogen-bond donors (Lipinski definition) is 1. The second-order valence-electron chi connectivity index (χ2n) is 1.12. The van der Waals surface area contributed by atoms with E-state index in [0.717, 1.165) is 11.9 Å². The van der Waals surface area contributed by atoms with E-state index in [0.29, 0.717) is 13.2 Å². The Labute approximate surface area is 52.2 Å². The normalized spacial score (nSPS) is 9.43. The third-order valence-corrected chi connectivity index (χ3v) is 0.881. The zero-order valence-corrected chi connectivity index (χ0v) is 6.14. The molecule has 0 aliphatic rings. The first-order valence-corrected chi connectivity index (χ1v) is 3.63. The van der Waals surface area contributed by atoms with Gasteiger partial charge in [-0.15, -0.1) is 0 Å². The summed E-state index contributed by atoms with van der Waals surface area (Å²) in [7, 11) is 0. The van der Waals surface area contributed by atoms with Gasteiger partial charge in [0.05, 0.1) is 0 Å². The first-order chi connectivity index (χ1) is 3.41. The van der Waals surface area contributed by atoms with Crippen LogP contribution in [-0.4, -0.2) is 35.8 Å². The van der Waals surface area contributed by atoms with Gasteiger partial charge in [-0.3, -0.25) is 0 Å². The third kappa shape index (κ3) is 6.44. The first-order valence-electron chi connectivity index (χ1n) is 2.30. The van der Waals surface area contributed by atoms with Crippen molar-refractivity contribution in [2.24, 2.45) is 5.73 Å². The molecule has 7 heavy (non-hydrogen) atoms. The Kier molecular flexibility index (Phi) is 6.84. The molecule has 0 heterocycles.